The Labute approximate surface area is 116 Å². The minimum absolute atomic E-state index is 0.0903. The standard InChI is InChI=1S/C11H10BrClN2OS/c1-3-7-5(2)11(16)15-10(14-7)8-4-6(12)9(13)17-8/h4H,3H2,1-2H3,(H,14,15,16). The van der Waals surface area contributed by atoms with Gasteiger partial charge >= 0.3 is 0 Å². The van der Waals surface area contributed by atoms with Crippen LogP contribution in [0.4, 0.5) is 0 Å². The SMILES string of the molecule is CCc1nc(-c2cc(Br)c(Cl)s2)[nH]c(=O)c1C. The van der Waals surface area contributed by atoms with Crippen LogP contribution in [0.3, 0.4) is 0 Å². The summed E-state index contributed by atoms with van der Waals surface area (Å²) in [5.74, 6) is 0.579. The van der Waals surface area contributed by atoms with Crippen LogP contribution in [-0.2, 0) is 6.42 Å². The molecule has 0 aromatic carbocycles. The van der Waals surface area contributed by atoms with Gasteiger partial charge in [-0.15, -0.1) is 11.3 Å². The largest absolute Gasteiger partial charge is 0.306 e. The van der Waals surface area contributed by atoms with E-state index in [4.69, 9.17) is 11.6 Å². The van der Waals surface area contributed by atoms with Crippen LogP contribution < -0.4 is 5.56 Å². The molecule has 2 aromatic rings. The van der Waals surface area contributed by atoms with E-state index in [0.717, 1.165) is 21.5 Å². The zero-order chi connectivity index (χ0) is 12.6. The van der Waals surface area contributed by atoms with E-state index in [-0.39, 0.29) is 5.56 Å². The van der Waals surface area contributed by atoms with Crippen molar-refractivity contribution in [3.63, 3.8) is 0 Å². The summed E-state index contributed by atoms with van der Waals surface area (Å²) in [4.78, 5) is 19.8. The highest BCUT2D eigenvalue weighted by atomic mass is 79.9. The van der Waals surface area contributed by atoms with Gasteiger partial charge in [0.1, 0.15) is 4.34 Å². The van der Waals surface area contributed by atoms with Crippen molar-refractivity contribution in [2.75, 3.05) is 0 Å². The minimum Gasteiger partial charge on any atom is -0.306 e. The number of aromatic nitrogens is 2. The molecule has 0 fully saturated rings. The second kappa shape index (κ2) is 4.92. The van der Waals surface area contributed by atoms with Gasteiger partial charge < -0.3 is 4.98 Å². The van der Waals surface area contributed by atoms with E-state index in [2.05, 4.69) is 25.9 Å². The summed E-state index contributed by atoms with van der Waals surface area (Å²) in [6, 6.07) is 1.86. The van der Waals surface area contributed by atoms with E-state index < -0.39 is 0 Å². The number of H-pyrrole nitrogens is 1. The van der Waals surface area contributed by atoms with E-state index in [1.165, 1.54) is 11.3 Å². The van der Waals surface area contributed by atoms with Crippen molar-refractivity contribution in [2.45, 2.75) is 20.3 Å². The molecule has 0 aliphatic heterocycles. The Hall–Kier alpha value is -0.650. The van der Waals surface area contributed by atoms with Crippen LogP contribution in [0.15, 0.2) is 15.3 Å². The first kappa shape index (κ1) is 12.8. The summed E-state index contributed by atoms with van der Waals surface area (Å²) in [5, 5.41) is 0. The molecular formula is C11H10BrClN2OS. The molecule has 0 radical (unpaired) electrons. The minimum atomic E-state index is -0.0903. The van der Waals surface area contributed by atoms with Crippen LogP contribution in [0.5, 0.6) is 0 Å². The lowest BCUT2D eigenvalue weighted by atomic mass is 10.2. The summed E-state index contributed by atoms with van der Waals surface area (Å²) in [6.07, 6.45) is 0.739. The van der Waals surface area contributed by atoms with E-state index in [0.29, 0.717) is 15.7 Å². The summed E-state index contributed by atoms with van der Waals surface area (Å²) >= 11 is 10.7. The molecule has 0 bridgehead atoms. The average Bonchev–Trinajstić information content (AvgIpc) is 2.63. The van der Waals surface area contributed by atoms with Gasteiger partial charge in [0.2, 0.25) is 0 Å². The molecule has 0 saturated carbocycles. The number of aryl methyl sites for hydroxylation is 1. The fourth-order valence-electron chi connectivity index (χ4n) is 1.50. The number of rotatable bonds is 2. The number of thiophene rings is 1. The Kier molecular flexibility index (Phi) is 3.70. The molecule has 0 amide bonds. The Morgan fingerprint density at radius 2 is 2.29 bits per heavy atom. The number of aromatic amines is 1. The first-order valence-electron chi connectivity index (χ1n) is 5.08. The lowest BCUT2D eigenvalue weighted by Crippen LogP contribution is -2.15. The maximum atomic E-state index is 11.7. The van der Waals surface area contributed by atoms with Crippen LogP contribution in [0, 0.1) is 6.92 Å². The van der Waals surface area contributed by atoms with Crippen molar-refractivity contribution in [1.29, 1.82) is 0 Å². The Balaban J connectivity index is 2.60. The molecule has 0 saturated heterocycles. The molecule has 0 aliphatic rings. The predicted molar refractivity (Wildman–Crippen MR) is 75.0 cm³/mol. The van der Waals surface area contributed by atoms with Crippen molar-refractivity contribution in [2.24, 2.45) is 0 Å². The number of nitrogens with zero attached hydrogens (tertiary/aromatic N) is 1. The lowest BCUT2D eigenvalue weighted by molar-refractivity contribution is 0.957. The molecule has 2 aromatic heterocycles. The maximum Gasteiger partial charge on any atom is 0.254 e. The third-order valence-electron chi connectivity index (χ3n) is 2.47. The molecule has 0 unspecified atom stereocenters. The third kappa shape index (κ3) is 2.46. The van der Waals surface area contributed by atoms with Crippen molar-refractivity contribution in [1.82, 2.24) is 9.97 Å². The molecule has 3 nitrogen and oxygen atoms in total. The fraction of sp³-hybridized carbons (Fsp3) is 0.273. The van der Waals surface area contributed by atoms with Crippen LogP contribution in [-0.4, -0.2) is 9.97 Å². The van der Waals surface area contributed by atoms with E-state index in [1.807, 2.05) is 13.0 Å². The van der Waals surface area contributed by atoms with Crippen LogP contribution in [0.2, 0.25) is 4.34 Å². The highest BCUT2D eigenvalue weighted by Gasteiger charge is 2.11. The number of hydrogen-bond donors (Lipinski definition) is 1. The van der Waals surface area contributed by atoms with Crippen LogP contribution in [0.1, 0.15) is 18.2 Å². The van der Waals surface area contributed by atoms with E-state index >= 15 is 0 Å². The Bertz CT molecular complexity index is 601. The molecular weight excluding hydrogens is 324 g/mol. The zero-order valence-corrected chi connectivity index (χ0v) is 12.5. The van der Waals surface area contributed by atoms with Crippen LogP contribution in [0.25, 0.3) is 10.7 Å². The van der Waals surface area contributed by atoms with Crippen molar-refractivity contribution >= 4 is 38.9 Å². The smallest absolute Gasteiger partial charge is 0.254 e. The zero-order valence-electron chi connectivity index (χ0n) is 9.30. The van der Waals surface area contributed by atoms with Gasteiger partial charge in [0, 0.05) is 10.0 Å². The summed E-state index contributed by atoms with van der Waals surface area (Å²) in [6.45, 7) is 3.77. The summed E-state index contributed by atoms with van der Waals surface area (Å²) in [7, 11) is 0. The molecule has 0 atom stereocenters. The highest BCUT2D eigenvalue weighted by molar-refractivity contribution is 9.10. The van der Waals surface area contributed by atoms with Gasteiger partial charge in [0.15, 0.2) is 5.82 Å². The molecule has 2 rings (SSSR count). The van der Waals surface area contributed by atoms with Gasteiger partial charge in [0.05, 0.1) is 10.6 Å². The maximum absolute atomic E-state index is 11.7. The van der Waals surface area contributed by atoms with Crippen molar-refractivity contribution in [3.8, 4) is 10.7 Å². The van der Waals surface area contributed by atoms with Gasteiger partial charge in [-0.1, -0.05) is 18.5 Å². The van der Waals surface area contributed by atoms with Gasteiger partial charge in [-0.05, 0) is 35.3 Å². The normalized spacial score (nSPS) is 10.8. The first-order chi connectivity index (χ1) is 8.02. The molecule has 6 heteroatoms. The number of hydrogen-bond acceptors (Lipinski definition) is 3. The van der Waals surface area contributed by atoms with Crippen molar-refractivity contribution < 1.29 is 0 Å². The number of halogens is 2. The van der Waals surface area contributed by atoms with Crippen LogP contribution >= 0.6 is 38.9 Å². The summed E-state index contributed by atoms with van der Waals surface area (Å²) < 4.78 is 1.47. The van der Waals surface area contributed by atoms with Gasteiger partial charge in [-0.2, -0.15) is 0 Å². The molecule has 2 heterocycles. The second-order valence-electron chi connectivity index (χ2n) is 3.57. The molecule has 0 aliphatic carbocycles. The van der Waals surface area contributed by atoms with Crippen molar-refractivity contribution in [3.05, 3.63) is 36.5 Å². The average molecular weight is 334 g/mol. The third-order valence-corrected chi connectivity index (χ3v) is 4.95. The Morgan fingerprint density at radius 3 is 2.82 bits per heavy atom. The van der Waals surface area contributed by atoms with Gasteiger partial charge in [0.25, 0.3) is 5.56 Å². The molecule has 90 valence electrons. The monoisotopic (exact) mass is 332 g/mol. The Morgan fingerprint density at radius 1 is 1.59 bits per heavy atom. The van der Waals surface area contributed by atoms with Gasteiger partial charge in [-0.3, -0.25) is 4.79 Å². The highest BCUT2D eigenvalue weighted by Crippen LogP contribution is 2.36. The predicted octanol–water partition coefficient (Wildman–Crippen LogP) is 3.79. The fourth-order valence-corrected chi connectivity index (χ4v) is 3.15. The van der Waals surface area contributed by atoms with E-state index in [9.17, 15) is 4.79 Å². The van der Waals surface area contributed by atoms with E-state index in [1.54, 1.807) is 6.92 Å². The van der Waals surface area contributed by atoms with Gasteiger partial charge in [-0.25, -0.2) is 4.98 Å². The molecule has 17 heavy (non-hydrogen) atoms. The first-order valence-corrected chi connectivity index (χ1v) is 7.06. The lowest BCUT2D eigenvalue weighted by Gasteiger charge is -2.03. The topological polar surface area (TPSA) is 45.8 Å². The molecule has 0 spiro atoms. The quantitative estimate of drug-likeness (QED) is 0.909. The summed E-state index contributed by atoms with van der Waals surface area (Å²) in [5.41, 5.74) is 1.41. The molecule has 1 N–H and O–H groups in total. The second-order valence-corrected chi connectivity index (χ2v) is 6.08. The number of nitrogens with one attached hydrogen (secondary N) is 1.